The van der Waals surface area contributed by atoms with Gasteiger partial charge in [-0.1, -0.05) is 29.8 Å². The molecule has 1 aromatic heterocycles. The maximum Gasteiger partial charge on any atom is 0.282 e. The predicted molar refractivity (Wildman–Crippen MR) is 58.9 cm³/mol. The summed E-state index contributed by atoms with van der Waals surface area (Å²) in [5, 5.41) is 3.54. The fraction of sp³-hybridized carbons (Fsp3) is 0.0909. The highest BCUT2D eigenvalue weighted by Crippen LogP contribution is 2.28. The molecule has 0 N–H and O–H groups in total. The fourth-order valence-electron chi connectivity index (χ4n) is 1.44. The normalized spacial score (nSPS) is 10.8. The number of hydrogen-bond acceptors (Lipinski definition) is 2. The molecule has 1 aromatic carbocycles. The zero-order valence-electron chi connectivity index (χ0n) is 8.48. The summed E-state index contributed by atoms with van der Waals surface area (Å²) in [4.78, 5) is 10.7. The van der Waals surface area contributed by atoms with E-state index in [1.54, 1.807) is 30.3 Å². The molecule has 2 rings (SSSR count). The Hall–Kier alpha value is -1.75. The van der Waals surface area contributed by atoms with Crippen LogP contribution in [0.15, 0.2) is 30.3 Å². The van der Waals surface area contributed by atoms with Crippen molar-refractivity contribution in [1.82, 2.24) is 9.78 Å². The van der Waals surface area contributed by atoms with Gasteiger partial charge in [0.05, 0.1) is 11.3 Å². The van der Waals surface area contributed by atoms with Gasteiger partial charge >= 0.3 is 0 Å². The van der Waals surface area contributed by atoms with Crippen LogP contribution in [0.5, 0.6) is 0 Å². The lowest BCUT2D eigenvalue weighted by Gasteiger charge is -2.01. The number of alkyl halides is 2. The van der Waals surface area contributed by atoms with Crippen LogP contribution in [0.2, 0.25) is 5.15 Å². The molecular formula is C11H7ClF2N2O. The topological polar surface area (TPSA) is 34.9 Å². The van der Waals surface area contributed by atoms with Crippen LogP contribution in [0, 0.1) is 0 Å². The van der Waals surface area contributed by atoms with Crippen LogP contribution in [0.25, 0.3) is 5.69 Å². The number of aromatic nitrogens is 2. The molecule has 0 bridgehead atoms. The highest BCUT2D eigenvalue weighted by molar-refractivity contribution is 6.32. The molecule has 0 saturated carbocycles. The van der Waals surface area contributed by atoms with Crippen LogP contribution in [-0.4, -0.2) is 16.1 Å². The molecule has 0 fully saturated rings. The summed E-state index contributed by atoms with van der Waals surface area (Å²) >= 11 is 5.84. The van der Waals surface area contributed by atoms with E-state index in [0.29, 0.717) is 5.69 Å². The third-order valence-electron chi connectivity index (χ3n) is 2.22. The molecule has 0 unspecified atom stereocenters. The quantitative estimate of drug-likeness (QED) is 0.790. The molecule has 6 heteroatoms. The van der Waals surface area contributed by atoms with Crippen molar-refractivity contribution < 1.29 is 13.6 Å². The molecule has 0 radical (unpaired) electrons. The Morgan fingerprint density at radius 3 is 2.41 bits per heavy atom. The first-order valence-electron chi connectivity index (χ1n) is 4.72. The molecule has 2 aromatic rings. The summed E-state index contributed by atoms with van der Waals surface area (Å²) in [6, 6.07) is 8.52. The maximum absolute atomic E-state index is 12.6. The lowest BCUT2D eigenvalue weighted by molar-refractivity contribution is 0.110. The Labute approximate surface area is 101 Å². The molecule has 0 saturated heterocycles. The van der Waals surface area contributed by atoms with E-state index >= 15 is 0 Å². The van der Waals surface area contributed by atoms with Crippen LogP contribution in [-0.2, 0) is 0 Å². The molecule has 17 heavy (non-hydrogen) atoms. The van der Waals surface area contributed by atoms with E-state index in [1.807, 2.05) is 0 Å². The van der Waals surface area contributed by atoms with Crippen molar-refractivity contribution >= 4 is 17.9 Å². The van der Waals surface area contributed by atoms with E-state index in [1.165, 1.54) is 0 Å². The molecule has 1 heterocycles. The van der Waals surface area contributed by atoms with Gasteiger partial charge in [-0.2, -0.15) is 5.10 Å². The molecule has 0 amide bonds. The van der Waals surface area contributed by atoms with Crippen molar-refractivity contribution in [3.63, 3.8) is 0 Å². The Bertz CT molecular complexity index is 540. The number of rotatable bonds is 3. The summed E-state index contributed by atoms with van der Waals surface area (Å²) < 4.78 is 26.4. The first-order chi connectivity index (χ1) is 8.15. The zero-order valence-corrected chi connectivity index (χ0v) is 9.23. The second kappa shape index (κ2) is 4.63. The van der Waals surface area contributed by atoms with Crippen LogP contribution in [0.3, 0.4) is 0 Å². The number of halogens is 3. The summed E-state index contributed by atoms with van der Waals surface area (Å²) in [5.74, 6) is 0. The van der Waals surface area contributed by atoms with Gasteiger partial charge < -0.3 is 0 Å². The second-order valence-electron chi connectivity index (χ2n) is 3.26. The van der Waals surface area contributed by atoms with Crippen LogP contribution in [0.1, 0.15) is 22.5 Å². The predicted octanol–water partition coefficient (Wildman–Crippen LogP) is 3.28. The first kappa shape index (κ1) is 11.7. The number of carbonyl (C=O) groups excluding carboxylic acids is 1. The highest BCUT2D eigenvalue weighted by Gasteiger charge is 2.23. The van der Waals surface area contributed by atoms with E-state index in [-0.39, 0.29) is 17.0 Å². The first-order valence-corrected chi connectivity index (χ1v) is 5.10. The van der Waals surface area contributed by atoms with Gasteiger partial charge in [0, 0.05) is 0 Å². The van der Waals surface area contributed by atoms with Crippen molar-refractivity contribution in [2.24, 2.45) is 0 Å². The Kier molecular flexibility index (Phi) is 3.19. The van der Waals surface area contributed by atoms with E-state index in [0.717, 1.165) is 4.68 Å². The number of carbonyl (C=O) groups is 1. The van der Waals surface area contributed by atoms with Gasteiger partial charge in [0.15, 0.2) is 6.29 Å². The van der Waals surface area contributed by atoms with Crippen LogP contribution >= 0.6 is 11.6 Å². The third-order valence-corrected chi connectivity index (χ3v) is 2.58. The van der Waals surface area contributed by atoms with E-state index < -0.39 is 12.1 Å². The lowest BCUT2D eigenvalue weighted by Crippen LogP contribution is -1.97. The number of para-hydroxylation sites is 1. The van der Waals surface area contributed by atoms with Crippen LogP contribution < -0.4 is 0 Å². The minimum absolute atomic E-state index is 0.110. The molecule has 88 valence electrons. The average molecular weight is 257 g/mol. The maximum atomic E-state index is 12.6. The minimum Gasteiger partial charge on any atom is -0.298 e. The smallest absolute Gasteiger partial charge is 0.282 e. The highest BCUT2D eigenvalue weighted by atomic mass is 35.5. The van der Waals surface area contributed by atoms with Crippen molar-refractivity contribution in [2.45, 2.75) is 6.43 Å². The van der Waals surface area contributed by atoms with Gasteiger partial charge in [-0.05, 0) is 12.1 Å². The van der Waals surface area contributed by atoms with Crippen LogP contribution in [0.4, 0.5) is 8.78 Å². The summed E-state index contributed by atoms with van der Waals surface area (Å²) in [6.45, 7) is 0. The van der Waals surface area contributed by atoms with Crippen molar-refractivity contribution in [2.75, 3.05) is 0 Å². The molecule has 0 aliphatic heterocycles. The monoisotopic (exact) mass is 256 g/mol. The lowest BCUT2D eigenvalue weighted by atomic mass is 10.3. The second-order valence-corrected chi connectivity index (χ2v) is 3.61. The van der Waals surface area contributed by atoms with Gasteiger partial charge in [0.25, 0.3) is 6.43 Å². The van der Waals surface area contributed by atoms with E-state index in [9.17, 15) is 13.6 Å². The summed E-state index contributed by atoms with van der Waals surface area (Å²) in [5.41, 5.74) is -0.355. The van der Waals surface area contributed by atoms with Gasteiger partial charge in [-0.15, -0.1) is 0 Å². The van der Waals surface area contributed by atoms with Gasteiger partial charge in [0.1, 0.15) is 10.8 Å². The van der Waals surface area contributed by atoms with Gasteiger partial charge in [-0.25, -0.2) is 13.5 Å². The Balaban J connectivity index is 2.61. The third kappa shape index (κ3) is 2.06. The summed E-state index contributed by atoms with van der Waals surface area (Å²) in [6.07, 6.45) is -2.55. The van der Waals surface area contributed by atoms with E-state index in [4.69, 9.17) is 11.6 Å². The molecular weight excluding hydrogens is 250 g/mol. The summed E-state index contributed by atoms with van der Waals surface area (Å²) in [7, 11) is 0. The number of aldehydes is 1. The van der Waals surface area contributed by atoms with Gasteiger partial charge in [-0.3, -0.25) is 4.79 Å². The van der Waals surface area contributed by atoms with Crippen molar-refractivity contribution in [1.29, 1.82) is 0 Å². The minimum atomic E-state index is -2.84. The number of nitrogens with zero attached hydrogens (tertiary/aromatic N) is 2. The Morgan fingerprint density at radius 1 is 1.29 bits per heavy atom. The molecule has 3 nitrogen and oxygen atoms in total. The molecule has 0 aliphatic carbocycles. The largest absolute Gasteiger partial charge is 0.298 e. The number of hydrogen-bond donors (Lipinski definition) is 0. The fourth-order valence-corrected chi connectivity index (χ4v) is 1.71. The van der Waals surface area contributed by atoms with E-state index in [2.05, 4.69) is 5.10 Å². The van der Waals surface area contributed by atoms with Crippen molar-refractivity contribution in [3.05, 3.63) is 46.7 Å². The number of benzene rings is 1. The molecule has 0 spiro atoms. The standard InChI is InChI=1S/C11H7ClF2N2O/c12-10-8(6-17)9(11(13)14)15-16(10)7-4-2-1-3-5-7/h1-6,11H. The molecule has 0 aliphatic rings. The van der Waals surface area contributed by atoms with Crippen molar-refractivity contribution in [3.8, 4) is 5.69 Å². The Morgan fingerprint density at radius 2 is 1.94 bits per heavy atom. The van der Waals surface area contributed by atoms with Gasteiger partial charge in [0.2, 0.25) is 0 Å². The molecule has 0 atom stereocenters. The SMILES string of the molecule is O=Cc1c(C(F)F)nn(-c2ccccc2)c1Cl. The zero-order chi connectivity index (χ0) is 12.4. The average Bonchev–Trinajstić information content (AvgIpc) is 2.67.